The molecule has 10 aromatic rings. The predicted molar refractivity (Wildman–Crippen MR) is 210 cm³/mol. The molecule has 0 saturated heterocycles. The fourth-order valence-electron chi connectivity index (χ4n) is 8.19. The largest absolute Gasteiger partial charge is 0.309 e. The Morgan fingerprint density at radius 1 is 0.314 bits per heavy atom. The van der Waals surface area contributed by atoms with Gasteiger partial charge in [-0.15, -0.1) is 0 Å². The molecule has 8 aromatic carbocycles. The van der Waals surface area contributed by atoms with Gasteiger partial charge in [0.15, 0.2) is 17.5 Å². The lowest BCUT2D eigenvalue weighted by Gasteiger charge is -2.16. The van der Waals surface area contributed by atoms with Gasteiger partial charge in [-0.2, -0.15) is 0 Å². The summed E-state index contributed by atoms with van der Waals surface area (Å²) in [5.41, 5.74) is 11.5. The second-order valence-electron chi connectivity index (χ2n) is 13.2. The highest BCUT2D eigenvalue weighted by atomic mass is 15.0. The van der Waals surface area contributed by atoms with Crippen LogP contribution >= 0.6 is 0 Å². The SMILES string of the molecule is c1ccc(-c2nc(-c3ccccc3)nc(-c3ccc(-n4c5cccc6c5c5c7c(cccc7ccc54)-c4ccccc4-6)c4ccccc34)n2)cc1. The van der Waals surface area contributed by atoms with Crippen molar-refractivity contribution in [3.63, 3.8) is 0 Å². The number of hydrogen-bond donors (Lipinski definition) is 0. The zero-order valence-electron chi connectivity index (χ0n) is 27.5. The van der Waals surface area contributed by atoms with Crippen LogP contribution in [0.15, 0.2) is 170 Å². The summed E-state index contributed by atoms with van der Waals surface area (Å²) in [5.74, 6) is 1.96. The Kier molecular flexibility index (Phi) is 5.92. The third kappa shape index (κ3) is 4.11. The first-order valence-corrected chi connectivity index (χ1v) is 17.3. The fourth-order valence-corrected chi connectivity index (χ4v) is 8.19. The van der Waals surface area contributed by atoms with Crippen LogP contribution in [-0.2, 0) is 0 Å². The Bertz CT molecular complexity index is 2960. The second-order valence-corrected chi connectivity index (χ2v) is 13.2. The van der Waals surface area contributed by atoms with Crippen LogP contribution in [-0.4, -0.2) is 19.5 Å². The Balaban J connectivity index is 1.20. The van der Waals surface area contributed by atoms with Crippen molar-refractivity contribution in [1.29, 1.82) is 0 Å². The molecule has 0 N–H and O–H groups in total. The summed E-state index contributed by atoms with van der Waals surface area (Å²) >= 11 is 0. The van der Waals surface area contributed by atoms with Gasteiger partial charge in [0.1, 0.15) is 0 Å². The third-order valence-electron chi connectivity index (χ3n) is 10.4. The van der Waals surface area contributed by atoms with Crippen molar-refractivity contribution in [2.24, 2.45) is 0 Å². The summed E-state index contributed by atoms with van der Waals surface area (Å²) in [6, 6.07) is 60.3. The number of nitrogens with zero attached hydrogens (tertiary/aromatic N) is 4. The first-order valence-electron chi connectivity index (χ1n) is 17.3. The predicted octanol–water partition coefficient (Wildman–Crippen LogP) is 11.9. The molecule has 0 amide bonds. The van der Waals surface area contributed by atoms with Crippen LogP contribution in [0, 0.1) is 0 Å². The molecule has 1 aliphatic rings. The molecule has 236 valence electrons. The molecule has 0 unspecified atom stereocenters. The van der Waals surface area contributed by atoms with Crippen molar-refractivity contribution < 1.29 is 0 Å². The van der Waals surface area contributed by atoms with Crippen LogP contribution in [0.3, 0.4) is 0 Å². The van der Waals surface area contributed by atoms with Crippen molar-refractivity contribution >= 4 is 43.4 Å². The van der Waals surface area contributed by atoms with E-state index in [4.69, 9.17) is 15.0 Å². The van der Waals surface area contributed by atoms with Gasteiger partial charge >= 0.3 is 0 Å². The van der Waals surface area contributed by atoms with Crippen molar-refractivity contribution in [1.82, 2.24) is 19.5 Å². The van der Waals surface area contributed by atoms with Gasteiger partial charge in [-0.05, 0) is 62.7 Å². The number of rotatable bonds is 4. The first-order chi connectivity index (χ1) is 25.3. The van der Waals surface area contributed by atoms with Gasteiger partial charge in [0.2, 0.25) is 0 Å². The molecule has 0 bridgehead atoms. The van der Waals surface area contributed by atoms with E-state index in [-0.39, 0.29) is 0 Å². The summed E-state index contributed by atoms with van der Waals surface area (Å²) < 4.78 is 2.46. The molecule has 51 heavy (non-hydrogen) atoms. The molecule has 0 fully saturated rings. The average molecular weight is 649 g/mol. The third-order valence-corrected chi connectivity index (χ3v) is 10.4. The Morgan fingerprint density at radius 2 is 0.863 bits per heavy atom. The van der Waals surface area contributed by atoms with E-state index in [1.54, 1.807) is 0 Å². The van der Waals surface area contributed by atoms with Gasteiger partial charge in [0.05, 0.1) is 16.7 Å². The van der Waals surface area contributed by atoms with Gasteiger partial charge in [-0.25, -0.2) is 15.0 Å². The van der Waals surface area contributed by atoms with Crippen LogP contribution in [0.2, 0.25) is 0 Å². The van der Waals surface area contributed by atoms with Crippen molar-refractivity contribution in [3.05, 3.63) is 170 Å². The van der Waals surface area contributed by atoms with Crippen LogP contribution < -0.4 is 0 Å². The second kappa shape index (κ2) is 10.8. The molecule has 2 aromatic heterocycles. The van der Waals surface area contributed by atoms with E-state index in [0.29, 0.717) is 17.5 Å². The minimum atomic E-state index is 0.650. The van der Waals surface area contributed by atoms with Gasteiger partial charge in [0.25, 0.3) is 0 Å². The molecule has 0 aliphatic heterocycles. The van der Waals surface area contributed by atoms with Crippen molar-refractivity contribution in [3.8, 4) is 62.1 Å². The van der Waals surface area contributed by atoms with E-state index in [0.717, 1.165) is 33.2 Å². The zero-order valence-corrected chi connectivity index (χ0v) is 27.5. The molecule has 4 nitrogen and oxygen atoms in total. The lowest BCUT2D eigenvalue weighted by molar-refractivity contribution is 1.08. The van der Waals surface area contributed by atoms with E-state index in [1.165, 1.54) is 54.8 Å². The topological polar surface area (TPSA) is 43.6 Å². The molecule has 4 heteroatoms. The Morgan fingerprint density at radius 3 is 1.57 bits per heavy atom. The van der Waals surface area contributed by atoms with Gasteiger partial charge in [-0.1, -0.05) is 146 Å². The average Bonchev–Trinajstić information content (AvgIpc) is 3.48. The van der Waals surface area contributed by atoms with Crippen LogP contribution in [0.5, 0.6) is 0 Å². The quantitative estimate of drug-likeness (QED) is 0.191. The molecule has 0 spiro atoms. The Hall–Kier alpha value is -6.91. The summed E-state index contributed by atoms with van der Waals surface area (Å²) in [5, 5.41) is 7.38. The Labute approximate surface area is 294 Å². The lowest BCUT2D eigenvalue weighted by Crippen LogP contribution is -2.01. The summed E-state index contributed by atoms with van der Waals surface area (Å²) in [6.45, 7) is 0. The summed E-state index contributed by atoms with van der Waals surface area (Å²) in [7, 11) is 0. The molecule has 0 atom stereocenters. The lowest BCUT2D eigenvalue weighted by atomic mass is 9.93. The zero-order chi connectivity index (χ0) is 33.5. The summed E-state index contributed by atoms with van der Waals surface area (Å²) in [4.78, 5) is 15.1. The maximum Gasteiger partial charge on any atom is 0.164 e. The van der Waals surface area contributed by atoms with E-state index in [2.05, 4.69) is 114 Å². The fraction of sp³-hybridized carbons (Fsp3) is 0. The minimum Gasteiger partial charge on any atom is -0.309 e. The smallest absolute Gasteiger partial charge is 0.164 e. The monoisotopic (exact) mass is 648 g/mol. The van der Waals surface area contributed by atoms with E-state index < -0.39 is 0 Å². The maximum atomic E-state index is 5.10. The van der Waals surface area contributed by atoms with Gasteiger partial charge in [-0.3, -0.25) is 0 Å². The van der Waals surface area contributed by atoms with Crippen LogP contribution in [0.1, 0.15) is 0 Å². The molecular formula is C47H28N4. The van der Waals surface area contributed by atoms with E-state index in [1.807, 2.05) is 60.7 Å². The van der Waals surface area contributed by atoms with Gasteiger partial charge in [0, 0.05) is 32.8 Å². The van der Waals surface area contributed by atoms with Crippen molar-refractivity contribution in [2.45, 2.75) is 0 Å². The standard InChI is InChI=1S/C47H28N4/c1-3-13-30(14-4-1)45-48-46(31-15-5-2-6-16-31)50-47(49-45)38-26-28-39(35-21-10-9-20-34(35)38)51-40-24-12-23-37-33-19-8-7-18-32(33)36-22-11-17-29-25-27-41(51)44(42(29)36)43(37)40/h1-28H. The molecule has 0 saturated carbocycles. The highest BCUT2D eigenvalue weighted by Gasteiger charge is 2.25. The number of benzene rings is 8. The number of fused-ring (bicyclic) bond motifs is 4. The molecule has 2 heterocycles. The number of hydrogen-bond acceptors (Lipinski definition) is 3. The van der Waals surface area contributed by atoms with Crippen LogP contribution in [0.25, 0.3) is 105 Å². The first kappa shape index (κ1) is 28.0. The summed E-state index contributed by atoms with van der Waals surface area (Å²) in [6.07, 6.45) is 0. The number of aromatic nitrogens is 4. The molecular weight excluding hydrogens is 621 g/mol. The van der Waals surface area contributed by atoms with Crippen LogP contribution in [0.4, 0.5) is 0 Å². The highest BCUT2D eigenvalue weighted by molar-refractivity contribution is 6.30. The van der Waals surface area contributed by atoms with Crippen molar-refractivity contribution in [2.75, 3.05) is 0 Å². The normalized spacial score (nSPS) is 11.9. The van der Waals surface area contributed by atoms with Gasteiger partial charge < -0.3 is 4.57 Å². The highest BCUT2D eigenvalue weighted by Crippen LogP contribution is 2.50. The van der Waals surface area contributed by atoms with E-state index in [9.17, 15) is 0 Å². The van der Waals surface area contributed by atoms with E-state index >= 15 is 0 Å². The maximum absolute atomic E-state index is 5.10. The minimum absolute atomic E-state index is 0.650. The molecule has 0 radical (unpaired) electrons. The molecule has 1 aliphatic carbocycles. The molecule has 11 rings (SSSR count).